The highest BCUT2D eigenvalue weighted by Gasteiger charge is 2.29. The first-order chi connectivity index (χ1) is 12.0. The smallest absolute Gasteiger partial charge is 0.305 e. The van der Waals surface area contributed by atoms with E-state index in [2.05, 4.69) is 0 Å². The molecule has 1 N–H and O–H groups in total. The average Bonchev–Trinajstić information content (AvgIpc) is 3.07. The van der Waals surface area contributed by atoms with E-state index in [1.54, 1.807) is 16.7 Å². The highest BCUT2D eigenvalue weighted by atomic mass is 32.2. The van der Waals surface area contributed by atoms with E-state index in [0.717, 1.165) is 25.0 Å². The summed E-state index contributed by atoms with van der Waals surface area (Å²) >= 11 is 1.67. The largest absolute Gasteiger partial charge is 0.481 e. The number of aryl methyl sites for hydroxylation is 2. The summed E-state index contributed by atoms with van der Waals surface area (Å²) < 4.78 is 0. The van der Waals surface area contributed by atoms with Crippen LogP contribution in [0, 0.1) is 0 Å². The van der Waals surface area contributed by atoms with E-state index in [1.165, 1.54) is 11.1 Å². The van der Waals surface area contributed by atoms with E-state index in [4.69, 9.17) is 5.11 Å². The normalized spacial score (nSPS) is 19.5. The van der Waals surface area contributed by atoms with Crippen molar-refractivity contribution in [2.24, 2.45) is 0 Å². The first-order valence-electron chi connectivity index (χ1n) is 8.78. The molecule has 1 aliphatic carbocycles. The highest BCUT2D eigenvalue weighted by Crippen LogP contribution is 2.24. The number of carbonyl (C=O) groups is 3. The number of amides is 1. The van der Waals surface area contributed by atoms with Crippen molar-refractivity contribution < 1.29 is 19.5 Å². The van der Waals surface area contributed by atoms with E-state index in [9.17, 15) is 14.4 Å². The fourth-order valence-electron chi connectivity index (χ4n) is 3.61. The minimum atomic E-state index is -0.889. The number of aliphatic carboxylic acids is 1. The van der Waals surface area contributed by atoms with Crippen LogP contribution in [-0.2, 0) is 22.4 Å². The molecule has 6 heteroatoms. The molecule has 1 saturated heterocycles. The van der Waals surface area contributed by atoms with E-state index in [0.29, 0.717) is 17.9 Å². The van der Waals surface area contributed by atoms with Crippen LogP contribution in [0.4, 0.5) is 0 Å². The lowest BCUT2D eigenvalue weighted by atomic mass is 10.0. The standard InChI is InChI=1S/C19H23NO4S/c21-17(15-5-4-13-2-1-3-14(13)10-15)6-7-18(22)20-8-9-25-12-16(20)11-19(23)24/h4-5,10,16H,1-3,6-9,11-12H2,(H,23,24). The van der Waals surface area contributed by atoms with Crippen LogP contribution in [0.25, 0.3) is 0 Å². The quantitative estimate of drug-likeness (QED) is 0.788. The molecule has 1 fully saturated rings. The fourth-order valence-corrected chi connectivity index (χ4v) is 4.67. The summed E-state index contributed by atoms with van der Waals surface area (Å²) in [4.78, 5) is 37.5. The molecule has 1 aliphatic heterocycles. The third kappa shape index (κ3) is 4.42. The summed E-state index contributed by atoms with van der Waals surface area (Å²) in [5.74, 6) is 0.460. The monoisotopic (exact) mass is 361 g/mol. The van der Waals surface area contributed by atoms with Crippen LogP contribution >= 0.6 is 11.8 Å². The third-order valence-electron chi connectivity index (χ3n) is 4.94. The molecule has 0 radical (unpaired) electrons. The Morgan fingerprint density at radius 2 is 1.96 bits per heavy atom. The van der Waals surface area contributed by atoms with Crippen LogP contribution in [0.3, 0.4) is 0 Å². The van der Waals surface area contributed by atoms with Crippen molar-refractivity contribution in [3.63, 3.8) is 0 Å². The Hall–Kier alpha value is -1.82. The predicted molar refractivity (Wildman–Crippen MR) is 97.1 cm³/mol. The van der Waals surface area contributed by atoms with Crippen molar-refractivity contribution >= 4 is 29.4 Å². The summed E-state index contributed by atoms with van der Waals surface area (Å²) in [6.45, 7) is 0.564. The van der Waals surface area contributed by atoms with E-state index < -0.39 is 5.97 Å². The molecular weight excluding hydrogens is 338 g/mol. The topological polar surface area (TPSA) is 74.7 Å². The lowest BCUT2D eigenvalue weighted by molar-refractivity contribution is -0.140. The van der Waals surface area contributed by atoms with Gasteiger partial charge in [0, 0.05) is 36.5 Å². The van der Waals surface area contributed by atoms with Gasteiger partial charge >= 0.3 is 5.97 Å². The second kappa shape index (κ2) is 8.04. The van der Waals surface area contributed by atoms with Crippen LogP contribution in [0.5, 0.6) is 0 Å². The number of carboxylic acids is 1. The second-order valence-electron chi connectivity index (χ2n) is 6.67. The Labute approximate surface area is 151 Å². The van der Waals surface area contributed by atoms with Gasteiger partial charge in [0.2, 0.25) is 5.91 Å². The molecule has 1 unspecified atom stereocenters. The highest BCUT2D eigenvalue weighted by molar-refractivity contribution is 7.99. The number of hydrogen-bond donors (Lipinski definition) is 1. The molecule has 2 aliphatic rings. The Morgan fingerprint density at radius 3 is 2.76 bits per heavy atom. The molecule has 0 saturated carbocycles. The lowest BCUT2D eigenvalue weighted by Crippen LogP contribution is -2.47. The van der Waals surface area contributed by atoms with Crippen LogP contribution in [0.1, 0.15) is 47.2 Å². The zero-order valence-electron chi connectivity index (χ0n) is 14.2. The van der Waals surface area contributed by atoms with Crippen molar-refractivity contribution in [3.05, 3.63) is 34.9 Å². The summed E-state index contributed by atoms with van der Waals surface area (Å²) in [5.41, 5.74) is 3.27. The van der Waals surface area contributed by atoms with E-state index in [-0.39, 0.29) is 37.0 Å². The summed E-state index contributed by atoms with van der Waals surface area (Å²) in [6.07, 6.45) is 3.55. The minimum Gasteiger partial charge on any atom is -0.481 e. The van der Waals surface area contributed by atoms with Crippen molar-refractivity contribution in [2.45, 2.75) is 44.6 Å². The molecule has 1 amide bonds. The average molecular weight is 361 g/mol. The van der Waals surface area contributed by atoms with E-state index in [1.807, 2.05) is 18.2 Å². The van der Waals surface area contributed by atoms with Crippen molar-refractivity contribution in [3.8, 4) is 0 Å². The first kappa shape index (κ1) is 18.0. The summed E-state index contributed by atoms with van der Waals surface area (Å²) in [5, 5.41) is 9.01. The van der Waals surface area contributed by atoms with Crippen LogP contribution in [-0.4, -0.2) is 51.8 Å². The zero-order chi connectivity index (χ0) is 17.8. The number of fused-ring (bicyclic) bond motifs is 1. The molecule has 1 aromatic carbocycles. The van der Waals surface area contributed by atoms with Gasteiger partial charge in [-0.2, -0.15) is 11.8 Å². The maximum absolute atomic E-state index is 12.5. The SMILES string of the molecule is O=C(O)CC1CSCCN1C(=O)CCC(=O)c1ccc2c(c1)CCC2. The molecule has 0 aromatic heterocycles. The number of Topliss-reactive ketones (excluding diaryl/α,β-unsaturated/α-hetero) is 1. The van der Waals surface area contributed by atoms with Crippen molar-refractivity contribution in [1.82, 2.24) is 4.90 Å². The molecule has 134 valence electrons. The predicted octanol–water partition coefficient (Wildman–Crippen LogP) is 2.56. The molecule has 1 atom stereocenters. The molecule has 25 heavy (non-hydrogen) atoms. The number of carbonyl (C=O) groups excluding carboxylic acids is 2. The number of benzene rings is 1. The van der Waals surface area contributed by atoms with Crippen LogP contribution in [0.2, 0.25) is 0 Å². The second-order valence-corrected chi connectivity index (χ2v) is 7.82. The maximum atomic E-state index is 12.5. The van der Waals surface area contributed by atoms with Gasteiger partial charge < -0.3 is 10.0 Å². The summed E-state index contributed by atoms with van der Waals surface area (Å²) in [6, 6.07) is 5.60. The molecule has 1 aromatic rings. The zero-order valence-corrected chi connectivity index (χ0v) is 15.0. The minimum absolute atomic E-state index is 0.00998. The van der Waals surface area contributed by atoms with Gasteiger partial charge in [-0.3, -0.25) is 14.4 Å². The van der Waals surface area contributed by atoms with Gasteiger partial charge in [0.1, 0.15) is 0 Å². The van der Waals surface area contributed by atoms with Crippen LogP contribution in [0.15, 0.2) is 18.2 Å². The van der Waals surface area contributed by atoms with Gasteiger partial charge in [0.05, 0.1) is 12.5 Å². The molecular formula is C19H23NO4S. The number of thioether (sulfide) groups is 1. The lowest BCUT2D eigenvalue weighted by Gasteiger charge is -2.34. The molecule has 3 rings (SSSR count). The Morgan fingerprint density at radius 1 is 1.16 bits per heavy atom. The van der Waals surface area contributed by atoms with Gasteiger partial charge in [-0.25, -0.2) is 0 Å². The first-order valence-corrected chi connectivity index (χ1v) is 9.94. The Kier molecular flexibility index (Phi) is 5.78. The molecule has 1 heterocycles. The molecule has 0 spiro atoms. The van der Waals surface area contributed by atoms with Crippen molar-refractivity contribution in [1.29, 1.82) is 0 Å². The number of carboxylic acid groups (broad SMARTS) is 1. The van der Waals surface area contributed by atoms with Gasteiger partial charge in [-0.05, 0) is 36.5 Å². The number of ketones is 1. The maximum Gasteiger partial charge on any atom is 0.305 e. The van der Waals surface area contributed by atoms with Crippen LogP contribution < -0.4 is 0 Å². The van der Waals surface area contributed by atoms with E-state index >= 15 is 0 Å². The number of nitrogens with zero attached hydrogens (tertiary/aromatic N) is 1. The van der Waals surface area contributed by atoms with Gasteiger partial charge in [-0.15, -0.1) is 0 Å². The van der Waals surface area contributed by atoms with Gasteiger partial charge in [-0.1, -0.05) is 12.1 Å². The Bertz CT molecular complexity index is 688. The van der Waals surface area contributed by atoms with Crippen molar-refractivity contribution in [2.75, 3.05) is 18.1 Å². The molecule has 0 bridgehead atoms. The van der Waals surface area contributed by atoms with Gasteiger partial charge in [0.15, 0.2) is 5.78 Å². The Balaban J connectivity index is 1.57. The third-order valence-corrected chi connectivity index (χ3v) is 6.04. The number of rotatable bonds is 6. The molecule has 5 nitrogen and oxygen atoms in total. The fraction of sp³-hybridized carbons (Fsp3) is 0.526. The van der Waals surface area contributed by atoms with Gasteiger partial charge in [0.25, 0.3) is 0 Å². The number of hydrogen-bond acceptors (Lipinski definition) is 4. The summed E-state index contributed by atoms with van der Waals surface area (Å²) in [7, 11) is 0.